The molecule has 0 bridgehead atoms. The van der Waals surface area contributed by atoms with E-state index in [1.807, 2.05) is 12.1 Å². The highest BCUT2D eigenvalue weighted by Gasteiger charge is 2.39. The Morgan fingerprint density at radius 3 is 2.58 bits per heavy atom. The zero-order chi connectivity index (χ0) is 18.8. The van der Waals surface area contributed by atoms with Crippen molar-refractivity contribution in [2.75, 3.05) is 11.5 Å². The fourth-order valence-corrected chi connectivity index (χ4v) is 6.13. The molecule has 1 fully saturated rings. The van der Waals surface area contributed by atoms with Crippen molar-refractivity contribution in [3.63, 3.8) is 0 Å². The molecule has 1 atom stereocenters. The van der Waals surface area contributed by atoms with E-state index in [-0.39, 0.29) is 23.2 Å². The minimum atomic E-state index is -3.10. The van der Waals surface area contributed by atoms with Crippen LogP contribution in [0.5, 0.6) is 0 Å². The highest BCUT2D eigenvalue weighted by atomic mass is 32.2. The molecular weight excluding hydrogens is 373 g/mol. The standard InChI is InChI=1S/C19H20FNO3S2/c1-19(10-11-26(23,24)13-19)21-18(22)15-7-3-5-9-17(15)25-12-14-6-2-4-8-16(14)20/h2-9H,10-13H2,1H3,(H,21,22)/t19-/m1/s1. The SMILES string of the molecule is C[C@@]1(NC(=O)c2ccccc2SCc2ccccc2F)CCS(=O)(=O)C1. The maximum Gasteiger partial charge on any atom is 0.252 e. The third kappa shape index (κ3) is 4.45. The third-order valence-electron chi connectivity index (χ3n) is 4.39. The van der Waals surface area contributed by atoms with E-state index >= 15 is 0 Å². The second kappa shape index (κ2) is 7.40. The molecule has 4 nitrogen and oxygen atoms in total. The molecule has 0 radical (unpaired) electrons. The minimum Gasteiger partial charge on any atom is -0.346 e. The number of thioether (sulfide) groups is 1. The fourth-order valence-electron chi connectivity index (χ4n) is 3.00. The Morgan fingerprint density at radius 1 is 1.19 bits per heavy atom. The quantitative estimate of drug-likeness (QED) is 0.791. The molecule has 7 heteroatoms. The van der Waals surface area contributed by atoms with Gasteiger partial charge in [-0.3, -0.25) is 4.79 Å². The molecule has 0 unspecified atom stereocenters. The lowest BCUT2D eigenvalue weighted by Gasteiger charge is -2.24. The molecule has 2 aromatic rings. The molecule has 0 aliphatic carbocycles. The Kier molecular flexibility index (Phi) is 5.39. The molecule has 1 amide bonds. The van der Waals surface area contributed by atoms with Gasteiger partial charge in [-0.25, -0.2) is 12.8 Å². The summed E-state index contributed by atoms with van der Waals surface area (Å²) in [4.78, 5) is 13.5. The van der Waals surface area contributed by atoms with Crippen LogP contribution in [-0.2, 0) is 15.6 Å². The Hall–Kier alpha value is -1.86. The molecule has 1 aliphatic rings. The summed E-state index contributed by atoms with van der Waals surface area (Å²) in [6, 6.07) is 13.6. The van der Waals surface area contributed by atoms with Crippen molar-refractivity contribution in [2.45, 2.75) is 29.5 Å². The van der Waals surface area contributed by atoms with Crippen LogP contribution in [0.4, 0.5) is 4.39 Å². The lowest BCUT2D eigenvalue weighted by Crippen LogP contribution is -2.47. The molecule has 0 saturated carbocycles. The number of amides is 1. The van der Waals surface area contributed by atoms with E-state index in [0.717, 1.165) is 4.90 Å². The topological polar surface area (TPSA) is 63.2 Å². The number of sulfone groups is 1. The predicted octanol–water partition coefficient (Wildman–Crippen LogP) is 3.43. The van der Waals surface area contributed by atoms with Gasteiger partial charge in [-0.15, -0.1) is 11.8 Å². The van der Waals surface area contributed by atoms with Gasteiger partial charge >= 0.3 is 0 Å². The van der Waals surface area contributed by atoms with E-state index in [2.05, 4.69) is 5.32 Å². The first-order valence-corrected chi connectivity index (χ1v) is 11.1. The zero-order valence-electron chi connectivity index (χ0n) is 14.4. The van der Waals surface area contributed by atoms with E-state index < -0.39 is 15.4 Å². The maximum absolute atomic E-state index is 13.8. The maximum atomic E-state index is 13.8. The van der Waals surface area contributed by atoms with Crippen LogP contribution in [0.25, 0.3) is 0 Å². The van der Waals surface area contributed by atoms with Crippen LogP contribution >= 0.6 is 11.8 Å². The zero-order valence-corrected chi connectivity index (χ0v) is 16.0. The number of carbonyl (C=O) groups is 1. The van der Waals surface area contributed by atoms with Gasteiger partial charge in [0.15, 0.2) is 9.84 Å². The third-order valence-corrected chi connectivity index (χ3v) is 7.42. The number of hydrogen-bond donors (Lipinski definition) is 1. The Balaban J connectivity index is 1.74. The van der Waals surface area contributed by atoms with E-state index in [9.17, 15) is 17.6 Å². The first kappa shape index (κ1) is 18.9. The van der Waals surface area contributed by atoms with E-state index in [1.54, 1.807) is 37.3 Å². The fraction of sp³-hybridized carbons (Fsp3) is 0.316. The lowest BCUT2D eigenvalue weighted by atomic mass is 10.0. The van der Waals surface area contributed by atoms with Crippen molar-refractivity contribution >= 4 is 27.5 Å². The van der Waals surface area contributed by atoms with Crippen LogP contribution < -0.4 is 5.32 Å². The van der Waals surface area contributed by atoms with E-state index in [4.69, 9.17) is 0 Å². The number of hydrogen-bond acceptors (Lipinski definition) is 4. The summed E-state index contributed by atoms with van der Waals surface area (Å²) >= 11 is 1.38. The van der Waals surface area contributed by atoms with Crippen LogP contribution in [0.3, 0.4) is 0 Å². The Labute approximate surface area is 157 Å². The van der Waals surface area contributed by atoms with Crippen LogP contribution in [0, 0.1) is 5.82 Å². The molecular formula is C19H20FNO3S2. The number of rotatable bonds is 5. The highest BCUT2D eigenvalue weighted by Crippen LogP contribution is 2.29. The lowest BCUT2D eigenvalue weighted by molar-refractivity contribution is 0.0912. The van der Waals surface area contributed by atoms with Gasteiger partial charge in [0.1, 0.15) is 5.82 Å². The molecule has 0 aromatic heterocycles. The Morgan fingerprint density at radius 2 is 1.88 bits per heavy atom. The molecule has 3 rings (SSSR count). The first-order valence-electron chi connectivity index (χ1n) is 8.26. The van der Waals surface area contributed by atoms with Crippen molar-refractivity contribution in [3.05, 3.63) is 65.5 Å². The summed E-state index contributed by atoms with van der Waals surface area (Å²) in [7, 11) is -3.10. The number of carbonyl (C=O) groups excluding carboxylic acids is 1. The normalized spacial score (nSPS) is 21.5. The largest absolute Gasteiger partial charge is 0.346 e. The summed E-state index contributed by atoms with van der Waals surface area (Å²) in [5, 5.41) is 2.87. The van der Waals surface area contributed by atoms with Crippen LogP contribution in [0.15, 0.2) is 53.4 Å². The number of halogens is 1. The molecule has 1 N–H and O–H groups in total. The summed E-state index contributed by atoms with van der Waals surface area (Å²) in [5.41, 5.74) is 0.292. The van der Waals surface area contributed by atoms with Crippen molar-refractivity contribution < 1.29 is 17.6 Å². The second-order valence-corrected chi connectivity index (χ2v) is 9.93. The summed E-state index contributed by atoms with van der Waals surface area (Å²) in [6.07, 6.45) is 0.408. The minimum absolute atomic E-state index is 0.0454. The van der Waals surface area contributed by atoms with Crippen LogP contribution in [-0.4, -0.2) is 31.4 Å². The van der Waals surface area contributed by atoms with Crippen LogP contribution in [0.2, 0.25) is 0 Å². The molecule has 1 heterocycles. The van der Waals surface area contributed by atoms with Gasteiger partial charge in [0.25, 0.3) is 5.91 Å². The van der Waals surface area contributed by atoms with Gasteiger partial charge < -0.3 is 5.32 Å². The monoisotopic (exact) mass is 393 g/mol. The van der Waals surface area contributed by atoms with Crippen molar-refractivity contribution in [1.82, 2.24) is 5.32 Å². The molecule has 0 spiro atoms. The summed E-state index contributed by atoms with van der Waals surface area (Å²) < 4.78 is 37.3. The van der Waals surface area contributed by atoms with Gasteiger partial charge in [0, 0.05) is 10.6 Å². The average molecular weight is 394 g/mol. The average Bonchev–Trinajstić information content (AvgIpc) is 2.87. The predicted molar refractivity (Wildman–Crippen MR) is 102 cm³/mol. The van der Waals surface area contributed by atoms with Gasteiger partial charge in [0.05, 0.1) is 22.6 Å². The van der Waals surface area contributed by atoms with Crippen molar-refractivity contribution in [2.24, 2.45) is 0 Å². The van der Waals surface area contributed by atoms with E-state index in [1.165, 1.54) is 17.8 Å². The second-order valence-electron chi connectivity index (χ2n) is 6.73. The van der Waals surface area contributed by atoms with Crippen molar-refractivity contribution in [1.29, 1.82) is 0 Å². The number of benzene rings is 2. The van der Waals surface area contributed by atoms with Gasteiger partial charge in [0.2, 0.25) is 0 Å². The summed E-state index contributed by atoms with van der Waals surface area (Å²) in [6.45, 7) is 1.75. The van der Waals surface area contributed by atoms with Crippen LogP contribution in [0.1, 0.15) is 29.3 Å². The molecule has 2 aromatic carbocycles. The van der Waals surface area contributed by atoms with E-state index in [0.29, 0.717) is 23.3 Å². The number of nitrogens with one attached hydrogen (secondary N) is 1. The highest BCUT2D eigenvalue weighted by molar-refractivity contribution is 7.98. The molecule has 1 aliphatic heterocycles. The van der Waals surface area contributed by atoms with Gasteiger partial charge in [-0.2, -0.15) is 0 Å². The van der Waals surface area contributed by atoms with Gasteiger partial charge in [-0.1, -0.05) is 30.3 Å². The molecule has 1 saturated heterocycles. The van der Waals surface area contributed by atoms with Gasteiger partial charge in [-0.05, 0) is 37.1 Å². The smallest absolute Gasteiger partial charge is 0.252 e. The molecule has 26 heavy (non-hydrogen) atoms. The first-order chi connectivity index (χ1) is 12.3. The summed E-state index contributed by atoms with van der Waals surface area (Å²) in [5.74, 6) is -0.126. The molecule has 138 valence electrons. The Bertz CT molecular complexity index is 930. The van der Waals surface area contributed by atoms with Crippen molar-refractivity contribution in [3.8, 4) is 0 Å².